The van der Waals surface area contributed by atoms with Gasteiger partial charge in [-0.05, 0) is 25.1 Å². The van der Waals surface area contributed by atoms with E-state index in [-0.39, 0.29) is 23.3 Å². The van der Waals surface area contributed by atoms with Crippen LogP contribution < -0.4 is 10.1 Å². The second-order valence-electron chi connectivity index (χ2n) is 3.21. The smallest absolute Gasteiger partial charge is 0.387 e. The lowest BCUT2D eigenvalue weighted by molar-refractivity contribution is -0.120. The van der Waals surface area contributed by atoms with Gasteiger partial charge in [0.15, 0.2) is 0 Å². The third-order valence-corrected chi connectivity index (χ3v) is 2.16. The first-order valence-electron chi connectivity index (χ1n) is 5.15. The van der Waals surface area contributed by atoms with Gasteiger partial charge in [-0.2, -0.15) is 8.78 Å². The van der Waals surface area contributed by atoms with Gasteiger partial charge in [-0.1, -0.05) is 11.6 Å². The summed E-state index contributed by atoms with van der Waals surface area (Å²) in [6.45, 7) is -0.833. The van der Waals surface area contributed by atoms with Crippen molar-refractivity contribution in [2.24, 2.45) is 0 Å². The largest absolute Gasteiger partial charge is 0.433 e. The van der Waals surface area contributed by atoms with Crippen LogP contribution in [0.3, 0.4) is 0 Å². The number of nitrogens with one attached hydrogen (secondary N) is 1. The fourth-order valence-electron chi connectivity index (χ4n) is 1.16. The van der Waals surface area contributed by atoms with E-state index in [1.807, 2.05) is 0 Å². The minimum absolute atomic E-state index is 0.00971. The highest BCUT2D eigenvalue weighted by Gasteiger charge is 2.10. The first kappa shape index (κ1) is 14.7. The maximum Gasteiger partial charge on any atom is 0.387 e. The van der Waals surface area contributed by atoms with Gasteiger partial charge in [-0.25, -0.2) is 0 Å². The normalized spacial score (nSPS) is 10.5. The summed E-state index contributed by atoms with van der Waals surface area (Å²) < 4.78 is 33.0. The number of ether oxygens (including phenoxy) is 2. The maximum atomic E-state index is 12.0. The zero-order valence-corrected chi connectivity index (χ0v) is 10.3. The molecule has 0 aliphatic carbocycles. The first-order chi connectivity index (χ1) is 8.52. The minimum Gasteiger partial charge on any atom is -0.433 e. The molecule has 1 aromatic carbocycles. The second kappa shape index (κ2) is 7.13. The maximum absolute atomic E-state index is 12.0. The van der Waals surface area contributed by atoms with Crippen LogP contribution in [0.15, 0.2) is 18.2 Å². The van der Waals surface area contributed by atoms with Crippen molar-refractivity contribution in [2.75, 3.05) is 18.5 Å². The molecule has 0 bridgehead atoms. The number of hydrogen-bond donors (Lipinski definition) is 1. The molecule has 0 radical (unpaired) electrons. The van der Waals surface area contributed by atoms with Gasteiger partial charge in [-0.3, -0.25) is 4.79 Å². The van der Waals surface area contributed by atoms with Crippen LogP contribution >= 0.6 is 11.6 Å². The molecule has 0 aliphatic heterocycles. The van der Waals surface area contributed by atoms with Gasteiger partial charge in [-0.15, -0.1) is 0 Å². The van der Waals surface area contributed by atoms with Crippen molar-refractivity contribution in [3.8, 4) is 5.75 Å². The highest BCUT2D eigenvalue weighted by molar-refractivity contribution is 6.32. The summed E-state index contributed by atoms with van der Waals surface area (Å²) >= 11 is 5.72. The highest BCUT2D eigenvalue weighted by Crippen LogP contribution is 2.28. The Bertz CT molecular complexity index is 415. The molecule has 0 saturated heterocycles. The zero-order chi connectivity index (χ0) is 13.5. The molecule has 18 heavy (non-hydrogen) atoms. The molecule has 4 nitrogen and oxygen atoms in total. The molecule has 100 valence electrons. The van der Waals surface area contributed by atoms with Gasteiger partial charge in [0, 0.05) is 12.3 Å². The van der Waals surface area contributed by atoms with Crippen molar-refractivity contribution >= 4 is 23.2 Å². The van der Waals surface area contributed by atoms with Gasteiger partial charge >= 0.3 is 6.61 Å². The molecule has 1 N–H and O–H groups in total. The Hall–Kier alpha value is -1.40. The van der Waals surface area contributed by atoms with Crippen molar-refractivity contribution in [1.29, 1.82) is 0 Å². The number of amides is 1. The molecular formula is C11H12ClF2NO3. The molecule has 0 atom stereocenters. The Morgan fingerprint density at radius 1 is 1.50 bits per heavy atom. The van der Waals surface area contributed by atoms with E-state index in [0.29, 0.717) is 12.3 Å². The number of carbonyl (C=O) groups excluding carboxylic acids is 1. The van der Waals surface area contributed by atoms with Crippen LogP contribution in [0.1, 0.15) is 6.92 Å². The molecule has 0 aromatic heterocycles. The van der Waals surface area contributed by atoms with Gasteiger partial charge in [0.1, 0.15) is 12.4 Å². The van der Waals surface area contributed by atoms with Crippen molar-refractivity contribution in [2.45, 2.75) is 13.5 Å². The average Bonchev–Trinajstić information content (AvgIpc) is 2.29. The summed E-state index contributed by atoms with van der Waals surface area (Å²) in [5.74, 6) is -0.495. The fraction of sp³-hybridized carbons (Fsp3) is 0.364. The molecule has 0 aliphatic rings. The monoisotopic (exact) mass is 279 g/mol. The predicted molar refractivity (Wildman–Crippen MR) is 63.2 cm³/mol. The number of anilines is 1. The van der Waals surface area contributed by atoms with E-state index in [1.54, 1.807) is 6.92 Å². The molecule has 0 saturated carbocycles. The third-order valence-electron chi connectivity index (χ3n) is 1.87. The summed E-state index contributed by atoms with van der Waals surface area (Å²) in [5, 5.41) is 2.50. The number of rotatable bonds is 6. The minimum atomic E-state index is -2.94. The van der Waals surface area contributed by atoms with Crippen molar-refractivity contribution in [3.05, 3.63) is 23.2 Å². The van der Waals surface area contributed by atoms with Gasteiger partial charge in [0.05, 0.1) is 5.02 Å². The van der Waals surface area contributed by atoms with E-state index >= 15 is 0 Å². The van der Waals surface area contributed by atoms with Crippen molar-refractivity contribution in [1.82, 2.24) is 0 Å². The van der Waals surface area contributed by atoms with E-state index in [9.17, 15) is 13.6 Å². The topological polar surface area (TPSA) is 47.6 Å². The van der Waals surface area contributed by atoms with E-state index < -0.39 is 6.61 Å². The van der Waals surface area contributed by atoms with Gasteiger partial charge < -0.3 is 14.8 Å². The molecule has 0 heterocycles. The molecule has 1 aromatic rings. The predicted octanol–water partition coefficient (Wildman–Crippen LogP) is 2.92. The molecule has 0 fully saturated rings. The SMILES string of the molecule is CCOCC(=O)Nc1ccc(OC(F)F)c(Cl)c1. The van der Waals surface area contributed by atoms with E-state index in [2.05, 4.69) is 10.1 Å². The number of hydrogen-bond acceptors (Lipinski definition) is 3. The lowest BCUT2D eigenvalue weighted by Gasteiger charge is -2.09. The van der Waals surface area contributed by atoms with Crippen LogP contribution in [-0.2, 0) is 9.53 Å². The fourth-order valence-corrected chi connectivity index (χ4v) is 1.39. The molecule has 1 amide bonds. The van der Waals surface area contributed by atoms with Crippen LogP contribution in [-0.4, -0.2) is 25.7 Å². The van der Waals surface area contributed by atoms with Gasteiger partial charge in [0.2, 0.25) is 5.91 Å². The molecular weight excluding hydrogens is 268 g/mol. The standard InChI is InChI=1S/C11H12ClF2NO3/c1-2-17-6-10(16)15-7-3-4-9(8(12)5-7)18-11(13)14/h3-5,11H,2,6H2,1H3,(H,15,16). The van der Waals surface area contributed by atoms with Crippen LogP contribution in [0.5, 0.6) is 5.75 Å². The van der Waals surface area contributed by atoms with Crippen LogP contribution in [0.4, 0.5) is 14.5 Å². The molecule has 1 rings (SSSR count). The molecule has 0 spiro atoms. The van der Waals surface area contributed by atoms with Crippen molar-refractivity contribution in [3.63, 3.8) is 0 Å². The third kappa shape index (κ3) is 4.85. The van der Waals surface area contributed by atoms with Crippen LogP contribution in [0.25, 0.3) is 0 Å². The Kier molecular flexibility index (Phi) is 5.80. The summed E-state index contributed by atoms with van der Waals surface area (Å²) in [7, 11) is 0. The van der Waals surface area contributed by atoms with Gasteiger partial charge in [0.25, 0.3) is 0 Å². The lowest BCUT2D eigenvalue weighted by Crippen LogP contribution is -2.18. The Morgan fingerprint density at radius 2 is 2.22 bits per heavy atom. The highest BCUT2D eigenvalue weighted by atomic mass is 35.5. The van der Waals surface area contributed by atoms with Crippen molar-refractivity contribution < 1.29 is 23.0 Å². The van der Waals surface area contributed by atoms with Crippen LogP contribution in [0.2, 0.25) is 5.02 Å². The average molecular weight is 280 g/mol. The zero-order valence-electron chi connectivity index (χ0n) is 9.58. The molecule has 0 unspecified atom stereocenters. The first-order valence-corrected chi connectivity index (χ1v) is 5.52. The quantitative estimate of drug-likeness (QED) is 0.871. The summed E-state index contributed by atoms with van der Waals surface area (Å²) in [6, 6.07) is 3.99. The Morgan fingerprint density at radius 3 is 2.78 bits per heavy atom. The van der Waals surface area contributed by atoms with E-state index in [1.165, 1.54) is 18.2 Å². The summed E-state index contributed by atoms with van der Waals surface area (Å²) in [5.41, 5.74) is 0.381. The number of carbonyl (C=O) groups is 1. The number of halogens is 3. The Labute approximate surface area is 108 Å². The Balaban J connectivity index is 2.63. The summed E-state index contributed by atoms with van der Waals surface area (Å²) in [6.07, 6.45) is 0. The number of benzene rings is 1. The van der Waals surface area contributed by atoms with E-state index in [0.717, 1.165) is 0 Å². The number of alkyl halides is 2. The van der Waals surface area contributed by atoms with E-state index in [4.69, 9.17) is 16.3 Å². The lowest BCUT2D eigenvalue weighted by atomic mass is 10.3. The summed E-state index contributed by atoms with van der Waals surface area (Å²) in [4.78, 5) is 11.3. The molecule has 7 heteroatoms. The van der Waals surface area contributed by atoms with Crippen LogP contribution in [0, 0.1) is 0 Å². The second-order valence-corrected chi connectivity index (χ2v) is 3.62.